The lowest BCUT2D eigenvalue weighted by molar-refractivity contribution is -0.170. The van der Waals surface area contributed by atoms with Gasteiger partial charge in [-0.25, -0.2) is 0 Å². The summed E-state index contributed by atoms with van der Waals surface area (Å²) < 4.78 is 17.8. The first kappa shape index (κ1) is 19.9. The Morgan fingerprint density at radius 2 is 1.83 bits per heavy atom. The zero-order valence-electron chi connectivity index (χ0n) is 16.0. The third kappa shape index (κ3) is 5.18. The molecule has 2 saturated heterocycles. The van der Waals surface area contributed by atoms with Crippen molar-refractivity contribution in [1.82, 2.24) is 5.32 Å². The molecule has 0 aromatic heterocycles. The molecule has 0 radical (unpaired) electrons. The van der Waals surface area contributed by atoms with Gasteiger partial charge in [0.15, 0.2) is 0 Å². The largest absolute Gasteiger partial charge is 0.490 e. The van der Waals surface area contributed by atoms with Gasteiger partial charge in [-0.1, -0.05) is 54.2 Å². The van der Waals surface area contributed by atoms with Gasteiger partial charge in [0.25, 0.3) is 5.24 Å². The van der Waals surface area contributed by atoms with Gasteiger partial charge in [0.1, 0.15) is 18.0 Å². The van der Waals surface area contributed by atoms with Crippen molar-refractivity contribution < 1.29 is 23.8 Å². The molecule has 2 aromatic rings. The number of benzene rings is 2. The quantitative estimate of drug-likeness (QED) is 0.752. The summed E-state index contributed by atoms with van der Waals surface area (Å²) in [7, 11) is 0. The minimum atomic E-state index is -0.517. The van der Waals surface area contributed by atoms with Crippen LogP contribution in [0.25, 0.3) is 0 Å². The molecule has 152 valence electrons. The second kappa shape index (κ2) is 8.98. The fourth-order valence-electron chi connectivity index (χ4n) is 3.50. The first-order valence-electron chi connectivity index (χ1n) is 9.61. The monoisotopic (exact) mass is 413 g/mol. The van der Waals surface area contributed by atoms with E-state index in [1.54, 1.807) is 0 Å². The minimum Gasteiger partial charge on any atom is -0.490 e. The zero-order chi connectivity index (χ0) is 20.1. The molecule has 29 heavy (non-hydrogen) atoms. The molecule has 2 amide bonds. The number of rotatable bonds is 7. The molecule has 0 saturated carbocycles. The van der Waals surface area contributed by atoms with Crippen LogP contribution < -0.4 is 10.1 Å². The smallest absolute Gasteiger partial charge is 0.286 e. The van der Waals surface area contributed by atoms with Crippen LogP contribution >= 0.6 is 11.8 Å². The van der Waals surface area contributed by atoms with Gasteiger partial charge in [0, 0.05) is 6.42 Å². The van der Waals surface area contributed by atoms with Gasteiger partial charge < -0.3 is 14.2 Å². The molecule has 1 N–H and O–H groups in total. The van der Waals surface area contributed by atoms with Crippen LogP contribution in [0.5, 0.6) is 5.75 Å². The van der Waals surface area contributed by atoms with Crippen LogP contribution in [0.1, 0.15) is 11.1 Å². The van der Waals surface area contributed by atoms with Crippen LogP contribution in [0.3, 0.4) is 0 Å². The lowest BCUT2D eigenvalue weighted by Crippen LogP contribution is -2.49. The molecule has 6 nitrogen and oxygen atoms in total. The van der Waals surface area contributed by atoms with Crippen LogP contribution in [-0.2, 0) is 27.1 Å². The minimum absolute atomic E-state index is 0.224. The molecule has 2 aromatic carbocycles. The molecule has 0 aliphatic carbocycles. The van der Waals surface area contributed by atoms with Gasteiger partial charge in [-0.05, 0) is 29.7 Å². The van der Waals surface area contributed by atoms with Crippen molar-refractivity contribution in [2.75, 3.05) is 26.4 Å². The number of ether oxygens (including phenoxy) is 3. The van der Waals surface area contributed by atoms with Crippen LogP contribution in [0.4, 0.5) is 4.79 Å². The highest BCUT2D eigenvalue weighted by Crippen LogP contribution is 2.26. The number of imide groups is 1. The molecule has 7 heteroatoms. The van der Waals surface area contributed by atoms with Crippen LogP contribution in [0.15, 0.2) is 54.6 Å². The highest BCUT2D eigenvalue weighted by atomic mass is 32.2. The van der Waals surface area contributed by atoms with E-state index in [0.29, 0.717) is 39.3 Å². The lowest BCUT2D eigenvalue weighted by Gasteiger charge is -2.37. The number of nitrogens with one attached hydrogen (secondary N) is 1. The van der Waals surface area contributed by atoms with Crippen LogP contribution in [0, 0.1) is 0 Å². The number of hydrogen-bond donors (Lipinski definition) is 1. The van der Waals surface area contributed by atoms with E-state index in [4.69, 9.17) is 14.2 Å². The molecule has 0 spiro atoms. The fraction of sp³-hybridized carbons (Fsp3) is 0.364. The zero-order valence-corrected chi connectivity index (χ0v) is 16.8. The summed E-state index contributed by atoms with van der Waals surface area (Å²) in [5.41, 5.74) is 1.65. The summed E-state index contributed by atoms with van der Waals surface area (Å²) in [6.07, 6.45) is 1.23. The normalized spacial score (nSPS) is 24.3. The van der Waals surface area contributed by atoms with Crippen LogP contribution in [0.2, 0.25) is 0 Å². The van der Waals surface area contributed by atoms with E-state index in [-0.39, 0.29) is 16.4 Å². The Bertz CT molecular complexity index is 849. The molecule has 4 rings (SSSR count). The number of carbonyl (C=O) groups excluding carboxylic acids is 2. The molecule has 2 heterocycles. The Morgan fingerprint density at radius 3 is 2.48 bits per heavy atom. The molecule has 2 atom stereocenters. The molecule has 2 aliphatic rings. The third-order valence-electron chi connectivity index (χ3n) is 4.98. The summed E-state index contributed by atoms with van der Waals surface area (Å²) in [4.78, 5) is 23.0. The molecular weight excluding hydrogens is 390 g/mol. The lowest BCUT2D eigenvalue weighted by atomic mass is 9.95. The average Bonchev–Trinajstić information content (AvgIpc) is 3.06. The Balaban J connectivity index is 1.37. The summed E-state index contributed by atoms with van der Waals surface area (Å²) in [6, 6.07) is 17.8. The van der Waals surface area contributed by atoms with Gasteiger partial charge in [0.05, 0.1) is 25.1 Å². The summed E-state index contributed by atoms with van der Waals surface area (Å²) in [6.45, 7) is 2.02. The second-order valence-electron chi connectivity index (χ2n) is 7.27. The van der Waals surface area contributed by atoms with E-state index >= 15 is 0 Å². The van der Waals surface area contributed by atoms with Gasteiger partial charge in [-0.2, -0.15) is 0 Å². The first-order valence-corrected chi connectivity index (χ1v) is 10.5. The van der Waals surface area contributed by atoms with Crippen molar-refractivity contribution in [3.05, 3.63) is 65.7 Å². The topological polar surface area (TPSA) is 73.9 Å². The van der Waals surface area contributed by atoms with E-state index in [1.165, 1.54) is 5.56 Å². The van der Waals surface area contributed by atoms with E-state index in [1.807, 2.05) is 42.5 Å². The van der Waals surface area contributed by atoms with Gasteiger partial charge in [0.2, 0.25) is 5.91 Å². The predicted octanol–water partition coefficient (Wildman–Crippen LogP) is 2.99. The fourth-order valence-corrected chi connectivity index (χ4v) is 4.36. The van der Waals surface area contributed by atoms with Crippen molar-refractivity contribution in [2.45, 2.75) is 23.7 Å². The van der Waals surface area contributed by atoms with Crippen molar-refractivity contribution in [3.63, 3.8) is 0 Å². The molecule has 2 unspecified atom stereocenters. The maximum absolute atomic E-state index is 11.7. The maximum Gasteiger partial charge on any atom is 0.286 e. The molecule has 0 bridgehead atoms. The first-order chi connectivity index (χ1) is 14.1. The standard InChI is InChI=1S/C22H23NO5S/c24-20-19(29-21(25)23-20)12-16-6-8-18(9-7-16)27-15-22(14-26-10-11-28-22)13-17-4-2-1-3-5-17/h1-9,19H,10-15H2,(H,23,24,25). The van der Waals surface area contributed by atoms with Gasteiger partial charge >= 0.3 is 0 Å². The van der Waals surface area contributed by atoms with Crippen molar-refractivity contribution >= 4 is 22.9 Å². The van der Waals surface area contributed by atoms with E-state index in [2.05, 4.69) is 17.4 Å². The highest BCUT2D eigenvalue weighted by Gasteiger charge is 2.36. The number of amides is 2. The van der Waals surface area contributed by atoms with Crippen molar-refractivity contribution in [3.8, 4) is 5.75 Å². The Labute approximate surface area is 173 Å². The molecule has 2 aliphatic heterocycles. The Kier molecular flexibility index (Phi) is 6.18. The van der Waals surface area contributed by atoms with Gasteiger partial charge in [-0.15, -0.1) is 0 Å². The average molecular weight is 413 g/mol. The Morgan fingerprint density at radius 1 is 1.03 bits per heavy atom. The van der Waals surface area contributed by atoms with Gasteiger partial charge in [-0.3, -0.25) is 14.9 Å². The van der Waals surface area contributed by atoms with Crippen molar-refractivity contribution in [2.24, 2.45) is 0 Å². The number of thioether (sulfide) groups is 1. The summed E-state index contributed by atoms with van der Waals surface area (Å²) in [5, 5.41) is 1.67. The highest BCUT2D eigenvalue weighted by molar-refractivity contribution is 8.15. The maximum atomic E-state index is 11.7. The van der Waals surface area contributed by atoms with Crippen molar-refractivity contribution in [1.29, 1.82) is 0 Å². The van der Waals surface area contributed by atoms with Crippen LogP contribution in [-0.4, -0.2) is 48.4 Å². The number of hydrogen-bond acceptors (Lipinski definition) is 6. The summed E-state index contributed by atoms with van der Waals surface area (Å²) in [5.74, 6) is 0.507. The van der Waals surface area contributed by atoms with E-state index in [9.17, 15) is 9.59 Å². The summed E-state index contributed by atoms with van der Waals surface area (Å²) >= 11 is 1.04. The third-order valence-corrected chi connectivity index (χ3v) is 5.96. The number of carbonyl (C=O) groups is 2. The Hall–Kier alpha value is -2.35. The second-order valence-corrected chi connectivity index (χ2v) is 8.44. The van der Waals surface area contributed by atoms with E-state index in [0.717, 1.165) is 23.1 Å². The predicted molar refractivity (Wildman–Crippen MR) is 110 cm³/mol. The molecule has 2 fully saturated rings. The molecular formula is C22H23NO5S. The van der Waals surface area contributed by atoms with E-state index < -0.39 is 5.60 Å². The SMILES string of the molecule is O=C1NC(=O)C(Cc2ccc(OCC3(Cc4ccccc4)COCCO3)cc2)S1.